The van der Waals surface area contributed by atoms with Gasteiger partial charge in [-0.25, -0.2) is 0 Å². The number of benzene rings is 1. The minimum Gasteiger partial charge on any atom is -0.361 e. The lowest BCUT2D eigenvalue weighted by molar-refractivity contribution is 0.398. The third kappa shape index (κ3) is 2.65. The predicted molar refractivity (Wildman–Crippen MR) is 86.4 cm³/mol. The van der Waals surface area contributed by atoms with Gasteiger partial charge in [-0.15, -0.1) is 0 Å². The Morgan fingerprint density at radius 1 is 1.23 bits per heavy atom. The molecule has 0 aliphatic heterocycles. The first-order chi connectivity index (χ1) is 10.6. The molecule has 1 unspecified atom stereocenters. The molecule has 1 aromatic carbocycles. The van der Waals surface area contributed by atoms with Crippen LogP contribution in [0, 0.1) is 6.92 Å². The maximum absolute atomic E-state index is 11.5. The maximum Gasteiger partial charge on any atom is 0.218 e. The fourth-order valence-electron chi connectivity index (χ4n) is 2.50. The van der Waals surface area contributed by atoms with Crippen LogP contribution < -0.4 is 0 Å². The molecule has 0 bridgehead atoms. The third-order valence-electron chi connectivity index (χ3n) is 3.49. The monoisotopic (exact) mass is 333 g/mol. The summed E-state index contributed by atoms with van der Waals surface area (Å²) >= 11 is 5.92. The maximum atomic E-state index is 11.5. The molecule has 1 aliphatic rings. The van der Waals surface area contributed by atoms with Gasteiger partial charge < -0.3 is 4.52 Å². The molecule has 22 heavy (non-hydrogen) atoms. The van der Waals surface area contributed by atoms with Crippen molar-refractivity contribution in [3.8, 4) is 11.3 Å². The topological polar surface area (TPSA) is 60.2 Å². The summed E-state index contributed by atoms with van der Waals surface area (Å²) in [5.74, 6) is 0.130. The fraction of sp³-hybridized carbons (Fsp3) is 0.125. The van der Waals surface area contributed by atoms with Crippen LogP contribution in [-0.4, -0.2) is 18.4 Å². The molecule has 4 nitrogen and oxygen atoms in total. The van der Waals surface area contributed by atoms with E-state index in [1.165, 1.54) is 6.08 Å². The van der Waals surface area contributed by atoms with Crippen molar-refractivity contribution in [3.05, 3.63) is 64.9 Å². The Balaban J connectivity index is 2.20. The SMILES string of the molecule is Cc1onc(-c2ccccc2)c1C1C=CC(Cl)=CC1=S(=O)=O. The highest BCUT2D eigenvalue weighted by Crippen LogP contribution is 2.35. The molecule has 112 valence electrons. The van der Waals surface area contributed by atoms with Crippen LogP contribution in [-0.2, 0) is 10.3 Å². The summed E-state index contributed by atoms with van der Waals surface area (Å²) in [4.78, 5) is 0.205. The van der Waals surface area contributed by atoms with E-state index in [-0.39, 0.29) is 4.86 Å². The smallest absolute Gasteiger partial charge is 0.218 e. The quantitative estimate of drug-likeness (QED) is 0.789. The molecule has 0 N–H and O–H groups in total. The zero-order valence-electron chi connectivity index (χ0n) is 11.7. The number of hydrogen-bond donors (Lipinski definition) is 0. The first-order valence-electron chi connectivity index (χ1n) is 6.61. The molecule has 0 spiro atoms. The van der Waals surface area contributed by atoms with Gasteiger partial charge in [-0.1, -0.05) is 53.2 Å². The van der Waals surface area contributed by atoms with Crippen molar-refractivity contribution in [2.24, 2.45) is 0 Å². The molecule has 6 heteroatoms. The molecule has 0 saturated heterocycles. The fourth-order valence-corrected chi connectivity index (χ4v) is 3.38. The molecule has 1 heterocycles. The molecule has 1 aromatic heterocycles. The van der Waals surface area contributed by atoms with Crippen LogP contribution in [0.2, 0.25) is 0 Å². The second-order valence-corrected chi connectivity index (χ2v) is 6.25. The van der Waals surface area contributed by atoms with Crippen molar-refractivity contribution < 1.29 is 12.9 Å². The number of rotatable bonds is 2. The number of hydrogen-bond acceptors (Lipinski definition) is 4. The molecule has 0 radical (unpaired) electrons. The van der Waals surface area contributed by atoms with E-state index >= 15 is 0 Å². The average Bonchev–Trinajstić information content (AvgIpc) is 2.90. The van der Waals surface area contributed by atoms with Crippen molar-refractivity contribution in [1.82, 2.24) is 5.16 Å². The summed E-state index contributed by atoms with van der Waals surface area (Å²) in [6, 6.07) is 9.51. The summed E-state index contributed by atoms with van der Waals surface area (Å²) in [6.45, 7) is 1.77. The van der Waals surface area contributed by atoms with Crippen LogP contribution in [0.1, 0.15) is 17.2 Å². The van der Waals surface area contributed by atoms with Crippen molar-refractivity contribution in [2.75, 3.05) is 0 Å². The summed E-state index contributed by atoms with van der Waals surface area (Å²) in [6.07, 6.45) is 4.89. The molecule has 1 atom stereocenters. The van der Waals surface area contributed by atoms with Gasteiger partial charge in [0.15, 0.2) is 0 Å². The van der Waals surface area contributed by atoms with E-state index in [1.54, 1.807) is 19.1 Å². The average molecular weight is 334 g/mol. The van der Waals surface area contributed by atoms with E-state index in [9.17, 15) is 8.42 Å². The third-order valence-corrected chi connectivity index (χ3v) is 4.49. The van der Waals surface area contributed by atoms with Gasteiger partial charge in [0, 0.05) is 22.1 Å². The molecule has 3 rings (SSSR count). The lowest BCUT2D eigenvalue weighted by atomic mass is 9.89. The van der Waals surface area contributed by atoms with E-state index in [2.05, 4.69) is 5.16 Å². The number of aromatic nitrogens is 1. The molecule has 1 aliphatic carbocycles. The van der Waals surface area contributed by atoms with Gasteiger partial charge in [0.25, 0.3) is 0 Å². The van der Waals surface area contributed by atoms with E-state index in [0.717, 1.165) is 11.1 Å². The second-order valence-electron chi connectivity index (χ2n) is 4.87. The van der Waals surface area contributed by atoms with Crippen LogP contribution in [0.5, 0.6) is 0 Å². The molecular weight excluding hydrogens is 322 g/mol. The molecule has 2 aromatic rings. The Hall–Kier alpha value is -2.11. The normalized spacial score (nSPS) is 17.5. The van der Waals surface area contributed by atoms with Crippen LogP contribution in [0.25, 0.3) is 11.3 Å². The summed E-state index contributed by atoms with van der Waals surface area (Å²) in [5.41, 5.74) is 2.25. The molecular formula is C16H12ClNO3S. The predicted octanol–water partition coefficient (Wildman–Crippen LogP) is 3.48. The molecule has 0 saturated carbocycles. The Bertz CT molecular complexity index is 900. The van der Waals surface area contributed by atoms with Crippen LogP contribution in [0.4, 0.5) is 0 Å². The number of aryl methyl sites for hydroxylation is 1. The lowest BCUT2D eigenvalue weighted by Crippen LogP contribution is -2.13. The van der Waals surface area contributed by atoms with Crippen LogP contribution >= 0.6 is 11.6 Å². The van der Waals surface area contributed by atoms with E-state index in [4.69, 9.17) is 16.1 Å². The van der Waals surface area contributed by atoms with Crippen LogP contribution in [0.15, 0.2) is 58.1 Å². The highest BCUT2D eigenvalue weighted by atomic mass is 35.5. The second kappa shape index (κ2) is 5.94. The Kier molecular flexibility index (Phi) is 4.00. The Morgan fingerprint density at radius 3 is 2.64 bits per heavy atom. The van der Waals surface area contributed by atoms with E-state index in [1.807, 2.05) is 30.3 Å². The minimum absolute atomic E-state index is 0.205. The van der Waals surface area contributed by atoms with Crippen molar-refractivity contribution in [3.63, 3.8) is 0 Å². The zero-order chi connectivity index (χ0) is 15.7. The molecule has 0 amide bonds. The highest BCUT2D eigenvalue weighted by Gasteiger charge is 2.27. The Labute approximate surface area is 134 Å². The minimum atomic E-state index is -2.38. The van der Waals surface area contributed by atoms with Gasteiger partial charge >= 0.3 is 0 Å². The van der Waals surface area contributed by atoms with Crippen molar-refractivity contribution >= 4 is 26.8 Å². The zero-order valence-corrected chi connectivity index (χ0v) is 13.2. The first-order valence-corrected chi connectivity index (χ1v) is 8.06. The van der Waals surface area contributed by atoms with Crippen LogP contribution in [0.3, 0.4) is 0 Å². The molecule has 0 fully saturated rings. The first kappa shape index (κ1) is 14.8. The van der Waals surface area contributed by atoms with Gasteiger partial charge in [-0.2, -0.15) is 8.42 Å². The van der Waals surface area contributed by atoms with E-state index in [0.29, 0.717) is 16.5 Å². The number of halogens is 1. The van der Waals surface area contributed by atoms with Gasteiger partial charge in [-0.05, 0) is 19.1 Å². The van der Waals surface area contributed by atoms with Gasteiger partial charge in [-0.3, -0.25) is 0 Å². The van der Waals surface area contributed by atoms with Crippen molar-refractivity contribution in [1.29, 1.82) is 0 Å². The number of allylic oxidation sites excluding steroid dienone is 4. The lowest BCUT2D eigenvalue weighted by Gasteiger charge is -2.15. The summed E-state index contributed by atoms with van der Waals surface area (Å²) in [7, 11) is -2.38. The van der Waals surface area contributed by atoms with Crippen molar-refractivity contribution in [2.45, 2.75) is 12.8 Å². The highest BCUT2D eigenvalue weighted by molar-refractivity contribution is 7.73. The van der Waals surface area contributed by atoms with Gasteiger partial charge in [0.05, 0.1) is 4.86 Å². The number of nitrogens with zero attached hydrogens (tertiary/aromatic N) is 1. The summed E-state index contributed by atoms with van der Waals surface area (Å²) in [5, 5.41) is 4.48. The van der Waals surface area contributed by atoms with E-state index < -0.39 is 16.2 Å². The Morgan fingerprint density at radius 2 is 1.95 bits per heavy atom. The standard InChI is InChI=1S/C16H12ClNO3S/c1-10-15(13-8-7-12(17)9-14(13)22(19)20)16(18-21-10)11-5-3-2-4-6-11/h2-9,13H,1H3. The van der Waals surface area contributed by atoms with Gasteiger partial charge in [0.1, 0.15) is 11.5 Å². The summed E-state index contributed by atoms with van der Waals surface area (Å²) < 4.78 is 28.4. The van der Waals surface area contributed by atoms with Gasteiger partial charge in [0.2, 0.25) is 10.3 Å². The largest absolute Gasteiger partial charge is 0.361 e.